The molecule has 0 saturated carbocycles. The number of fused-ring (bicyclic) bond motifs is 1. The van der Waals surface area contributed by atoms with E-state index in [4.69, 9.17) is 5.11 Å². The zero-order valence-corrected chi connectivity index (χ0v) is 7.08. The number of aliphatic hydroxyl groups is 1. The van der Waals surface area contributed by atoms with Gasteiger partial charge < -0.3 is 10.4 Å². The Balaban J connectivity index is 2.32. The summed E-state index contributed by atoms with van der Waals surface area (Å²) in [6.45, 7) is 2.26. The van der Waals surface area contributed by atoms with Crippen molar-refractivity contribution in [3.63, 3.8) is 0 Å². The minimum atomic E-state index is 0.192. The van der Waals surface area contributed by atoms with Crippen LogP contribution in [0.1, 0.15) is 15.3 Å². The fourth-order valence-corrected chi connectivity index (χ4v) is 2.44. The summed E-state index contributed by atoms with van der Waals surface area (Å²) in [6.07, 6.45) is 1.12. The quantitative estimate of drug-likeness (QED) is 0.654. The van der Waals surface area contributed by atoms with Crippen molar-refractivity contribution >= 4 is 11.3 Å². The molecule has 1 aliphatic heterocycles. The summed E-state index contributed by atoms with van der Waals surface area (Å²) in [5, 5.41) is 12.2. The molecule has 0 radical (unpaired) electrons. The predicted octanol–water partition coefficient (Wildman–Crippen LogP) is 0.886. The molecule has 2 N–H and O–H groups in total. The fourth-order valence-electron chi connectivity index (χ4n) is 1.39. The molecule has 2 heterocycles. The van der Waals surface area contributed by atoms with Gasteiger partial charge in [0.05, 0.1) is 6.61 Å². The molecule has 0 saturated heterocycles. The van der Waals surface area contributed by atoms with E-state index in [9.17, 15) is 0 Å². The molecule has 0 bridgehead atoms. The molecule has 11 heavy (non-hydrogen) atoms. The van der Waals surface area contributed by atoms with Crippen molar-refractivity contribution in [1.29, 1.82) is 0 Å². The Kier molecular flexibility index (Phi) is 1.94. The number of rotatable bonds is 1. The second-order valence-electron chi connectivity index (χ2n) is 2.75. The van der Waals surface area contributed by atoms with E-state index in [2.05, 4.69) is 11.4 Å². The van der Waals surface area contributed by atoms with Gasteiger partial charge in [0.25, 0.3) is 0 Å². The highest BCUT2D eigenvalue weighted by molar-refractivity contribution is 7.12. The lowest BCUT2D eigenvalue weighted by molar-refractivity contribution is 0.285. The zero-order valence-electron chi connectivity index (χ0n) is 6.26. The molecule has 1 aromatic rings. The van der Waals surface area contributed by atoms with Gasteiger partial charge in [-0.2, -0.15) is 0 Å². The molecule has 2 rings (SSSR count). The van der Waals surface area contributed by atoms with E-state index in [1.54, 1.807) is 11.3 Å². The number of hydrogen-bond donors (Lipinski definition) is 2. The molecule has 1 aromatic heterocycles. The number of aliphatic hydroxyl groups excluding tert-OH is 1. The molecular weight excluding hydrogens is 158 g/mol. The Morgan fingerprint density at radius 3 is 3.27 bits per heavy atom. The topological polar surface area (TPSA) is 32.3 Å². The maximum Gasteiger partial charge on any atom is 0.0774 e. The normalized spacial score (nSPS) is 16.5. The van der Waals surface area contributed by atoms with Gasteiger partial charge in [0.1, 0.15) is 0 Å². The SMILES string of the molecule is OCc1cc2c(s1)CNCC2. The summed E-state index contributed by atoms with van der Waals surface area (Å²) < 4.78 is 0. The van der Waals surface area contributed by atoms with Crippen molar-refractivity contribution in [3.05, 3.63) is 21.4 Å². The van der Waals surface area contributed by atoms with E-state index in [1.807, 2.05) is 0 Å². The van der Waals surface area contributed by atoms with E-state index >= 15 is 0 Å². The van der Waals surface area contributed by atoms with Crippen LogP contribution in [0, 0.1) is 0 Å². The smallest absolute Gasteiger partial charge is 0.0774 e. The summed E-state index contributed by atoms with van der Waals surface area (Å²) in [5.41, 5.74) is 1.43. The van der Waals surface area contributed by atoms with E-state index in [-0.39, 0.29) is 6.61 Å². The van der Waals surface area contributed by atoms with Crippen molar-refractivity contribution in [2.24, 2.45) is 0 Å². The van der Waals surface area contributed by atoms with Gasteiger partial charge in [0.15, 0.2) is 0 Å². The molecule has 0 amide bonds. The highest BCUT2D eigenvalue weighted by Gasteiger charge is 2.11. The highest BCUT2D eigenvalue weighted by atomic mass is 32.1. The lowest BCUT2D eigenvalue weighted by Gasteiger charge is -2.10. The van der Waals surface area contributed by atoms with Gasteiger partial charge in [-0.05, 0) is 24.6 Å². The standard InChI is InChI=1S/C8H11NOS/c10-5-7-3-6-1-2-9-4-8(6)11-7/h3,9-10H,1-2,4-5H2. The molecule has 0 aliphatic carbocycles. The second-order valence-corrected chi connectivity index (χ2v) is 3.97. The van der Waals surface area contributed by atoms with E-state index in [1.165, 1.54) is 10.4 Å². The van der Waals surface area contributed by atoms with Crippen LogP contribution in [-0.2, 0) is 19.6 Å². The summed E-state index contributed by atoms with van der Waals surface area (Å²) in [4.78, 5) is 2.50. The molecule has 0 fully saturated rings. The fraction of sp³-hybridized carbons (Fsp3) is 0.500. The summed E-state index contributed by atoms with van der Waals surface area (Å²) in [7, 11) is 0. The van der Waals surface area contributed by atoms with Gasteiger partial charge in [-0.15, -0.1) is 11.3 Å². The maximum atomic E-state index is 8.88. The molecule has 0 atom stereocenters. The van der Waals surface area contributed by atoms with E-state index < -0.39 is 0 Å². The van der Waals surface area contributed by atoms with Crippen molar-refractivity contribution < 1.29 is 5.11 Å². The number of thiophene rings is 1. The van der Waals surface area contributed by atoms with Crippen LogP contribution >= 0.6 is 11.3 Å². The van der Waals surface area contributed by atoms with Gasteiger partial charge in [-0.25, -0.2) is 0 Å². The molecule has 0 unspecified atom stereocenters. The van der Waals surface area contributed by atoms with Crippen LogP contribution in [0.15, 0.2) is 6.07 Å². The van der Waals surface area contributed by atoms with Crippen LogP contribution in [0.3, 0.4) is 0 Å². The molecular formula is C8H11NOS. The Hall–Kier alpha value is -0.380. The van der Waals surface area contributed by atoms with Crippen molar-refractivity contribution in [1.82, 2.24) is 5.32 Å². The third kappa shape index (κ3) is 1.31. The van der Waals surface area contributed by atoms with Crippen LogP contribution in [0.25, 0.3) is 0 Å². The van der Waals surface area contributed by atoms with E-state index in [0.717, 1.165) is 24.4 Å². The molecule has 0 spiro atoms. The summed E-state index contributed by atoms with van der Waals surface area (Å²) in [5.74, 6) is 0. The third-order valence-electron chi connectivity index (χ3n) is 1.96. The molecule has 2 nitrogen and oxygen atoms in total. The van der Waals surface area contributed by atoms with Gasteiger partial charge in [0.2, 0.25) is 0 Å². The molecule has 0 aromatic carbocycles. The van der Waals surface area contributed by atoms with Crippen LogP contribution in [0.2, 0.25) is 0 Å². The average Bonchev–Trinajstić information content (AvgIpc) is 2.46. The number of nitrogens with one attached hydrogen (secondary N) is 1. The van der Waals surface area contributed by atoms with Crippen LogP contribution in [0.4, 0.5) is 0 Å². The lowest BCUT2D eigenvalue weighted by atomic mass is 10.1. The Labute approximate surface area is 69.9 Å². The third-order valence-corrected chi connectivity index (χ3v) is 3.12. The molecule has 60 valence electrons. The summed E-state index contributed by atoms with van der Waals surface area (Å²) >= 11 is 1.72. The number of hydrogen-bond acceptors (Lipinski definition) is 3. The first-order valence-corrected chi connectivity index (χ1v) is 4.64. The first-order valence-electron chi connectivity index (χ1n) is 3.82. The highest BCUT2D eigenvalue weighted by Crippen LogP contribution is 2.24. The van der Waals surface area contributed by atoms with Crippen molar-refractivity contribution in [2.75, 3.05) is 6.54 Å². The molecule has 1 aliphatic rings. The lowest BCUT2D eigenvalue weighted by Crippen LogP contribution is -2.21. The maximum absolute atomic E-state index is 8.88. The van der Waals surface area contributed by atoms with Gasteiger partial charge in [-0.1, -0.05) is 0 Å². The monoisotopic (exact) mass is 169 g/mol. The Morgan fingerprint density at radius 2 is 2.55 bits per heavy atom. The minimum Gasteiger partial charge on any atom is -0.391 e. The Bertz CT molecular complexity index is 233. The average molecular weight is 169 g/mol. The second kappa shape index (κ2) is 2.93. The zero-order chi connectivity index (χ0) is 7.68. The summed E-state index contributed by atoms with van der Waals surface area (Å²) in [6, 6.07) is 2.13. The predicted molar refractivity (Wildman–Crippen MR) is 45.7 cm³/mol. The van der Waals surface area contributed by atoms with Crippen molar-refractivity contribution in [2.45, 2.75) is 19.6 Å². The van der Waals surface area contributed by atoms with Gasteiger partial charge >= 0.3 is 0 Å². The molecule has 3 heteroatoms. The van der Waals surface area contributed by atoms with Gasteiger partial charge in [0, 0.05) is 16.3 Å². The minimum absolute atomic E-state index is 0.192. The van der Waals surface area contributed by atoms with Crippen LogP contribution in [0.5, 0.6) is 0 Å². The van der Waals surface area contributed by atoms with Crippen LogP contribution in [-0.4, -0.2) is 11.7 Å². The van der Waals surface area contributed by atoms with Gasteiger partial charge in [-0.3, -0.25) is 0 Å². The first kappa shape index (κ1) is 7.28. The van der Waals surface area contributed by atoms with Crippen LogP contribution < -0.4 is 5.32 Å². The van der Waals surface area contributed by atoms with E-state index in [0.29, 0.717) is 0 Å². The van der Waals surface area contributed by atoms with Crippen molar-refractivity contribution in [3.8, 4) is 0 Å². The largest absolute Gasteiger partial charge is 0.391 e. The first-order chi connectivity index (χ1) is 5.40. The Morgan fingerprint density at radius 1 is 1.64 bits per heavy atom.